The van der Waals surface area contributed by atoms with Crippen LogP contribution >= 0.6 is 11.6 Å². The van der Waals surface area contributed by atoms with Crippen molar-refractivity contribution in [2.75, 3.05) is 9.80 Å². The van der Waals surface area contributed by atoms with Gasteiger partial charge in [0.25, 0.3) is 6.71 Å². The minimum absolute atomic E-state index is 0.000747. The first-order valence-corrected chi connectivity index (χ1v) is 20.1. The summed E-state index contributed by atoms with van der Waals surface area (Å²) in [6.07, 6.45) is 4.85. The van der Waals surface area contributed by atoms with Crippen LogP contribution in [0.3, 0.4) is 0 Å². The molecule has 0 bridgehead atoms. The van der Waals surface area contributed by atoms with Crippen LogP contribution in [0.25, 0.3) is 21.9 Å². The Bertz CT molecular complexity index is 2560. The fourth-order valence-electron chi connectivity index (χ4n) is 11.0. The average Bonchev–Trinajstić information content (AvgIpc) is 3.57. The molecule has 1 saturated carbocycles. The maximum Gasteiger partial charge on any atom is 0.252 e. The Hall–Kier alpha value is -4.15. The maximum absolute atomic E-state index is 7.40. The van der Waals surface area contributed by atoms with Crippen LogP contribution in [-0.2, 0) is 16.2 Å². The highest BCUT2D eigenvalue weighted by Crippen LogP contribution is 2.62. The molecule has 0 spiro atoms. The molecule has 268 valence electrons. The van der Waals surface area contributed by atoms with Crippen LogP contribution in [0.2, 0.25) is 5.02 Å². The number of benzene rings is 5. The molecule has 10 rings (SSSR count). The zero-order valence-corrected chi connectivity index (χ0v) is 33.8. The van der Waals surface area contributed by atoms with Gasteiger partial charge in [-0.3, -0.25) is 0 Å². The Morgan fingerprint density at radius 1 is 0.698 bits per heavy atom. The summed E-state index contributed by atoms with van der Waals surface area (Å²) >= 11 is 7.40. The smallest absolute Gasteiger partial charge is 0.252 e. The van der Waals surface area contributed by atoms with Gasteiger partial charge in [-0.25, -0.2) is 0 Å². The Kier molecular flexibility index (Phi) is 6.65. The van der Waals surface area contributed by atoms with E-state index in [1.807, 2.05) is 0 Å². The Morgan fingerprint density at radius 2 is 1.36 bits per heavy atom. The summed E-state index contributed by atoms with van der Waals surface area (Å²) in [7, 11) is 0. The van der Waals surface area contributed by atoms with Crippen molar-refractivity contribution in [3.05, 3.63) is 106 Å². The Morgan fingerprint density at radius 3 is 2.08 bits per heavy atom. The lowest BCUT2D eigenvalue weighted by molar-refractivity contribution is 0.195. The SMILES string of the molecule is Cc1cc(C(C)(C)C)cc(C)c1N1c2cc(Cl)cc3c2B(c2cc(C(C)(C)C)cc4c2N3C2(C)CCCCC42C)c2ccc3oc4ccccc4c3c21. The molecule has 5 heteroatoms. The fraction of sp³-hybridized carbons (Fsp3) is 0.375. The summed E-state index contributed by atoms with van der Waals surface area (Å²) < 4.78 is 6.65. The predicted octanol–water partition coefficient (Wildman–Crippen LogP) is 11.8. The molecule has 0 radical (unpaired) electrons. The van der Waals surface area contributed by atoms with Crippen LogP contribution < -0.4 is 26.2 Å². The van der Waals surface area contributed by atoms with Crippen LogP contribution in [0.5, 0.6) is 0 Å². The third-order valence-electron chi connectivity index (χ3n) is 13.9. The number of halogens is 1. The van der Waals surface area contributed by atoms with E-state index in [2.05, 4.69) is 152 Å². The topological polar surface area (TPSA) is 19.6 Å². The summed E-state index contributed by atoms with van der Waals surface area (Å²) in [5.74, 6) is 0. The number of para-hydroxylation sites is 1. The van der Waals surface area contributed by atoms with Crippen molar-refractivity contribution in [3.8, 4) is 0 Å². The van der Waals surface area contributed by atoms with Gasteiger partial charge in [0.2, 0.25) is 0 Å². The van der Waals surface area contributed by atoms with Gasteiger partial charge in [0.05, 0.1) is 22.3 Å². The van der Waals surface area contributed by atoms with Crippen LogP contribution in [-0.4, -0.2) is 12.3 Å². The molecule has 0 saturated heterocycles. The molecule has 5 aromatic carbocycles. The highest BCUT2D eigenvalue weighted by molar-refractivity contribution is 7.00. The van der Waals surface area contributed by atoms with Crippen molar-refractivity contribution in [3.63, 3.8) is 0 Å². The van der Waals surface area contributed by atoms with E-state index in [1.54, 1.807) is 0 Å². The van der Waals surface area contributed by atoms with Crippen molar-refractivity contribution >= 4 is 85.1 Å². The van der Waals surface area contributed by atoms with Crippen molar-refractivity contribution in [1.82, 2.24) is 0 Å². The van der Waals surface area contributed by atoms with E-state index in [-0.39, 0.29) is 28.5 Å². The minimum atomic E-state index is -0.0712. The first-order chi connectivity index (χ1) is 25.0. The highest BCUT2D eigenvalue weighted by atomic mass is 35.5. The largest absolute Gasteiger partial charge is 0.456 e. The second kappa shape index (κ2) is 10.5. The molecule has 1 aliphatic carbocycles. The van der Waals surface area contributed by atoms with Gasteiger partial charge in [-0.1, -0.05) is 121 Å². The number of aryl methyl sites for hydroxylation is 2. The number of hydrogen-bond acceptors (Lipinski definition) is 3. The molecule has 1 aromatic heterocycles. The molecular formula is C48H50BClN2O. The molecule has 4 heterocycles. The highest BCUT2D eigenvalue weighted by Gasteiger charge is 2.61. The fourth-order valence-corrected chi connectivity index (χ4v) is 11.2. The second-order valence-corrected chi connectivity index (χ2v) is 19.6. The van der Waals surface area contributed by atoms with Gasteiger partial charge in [-0.15, -0.1) is 0 Å². The van der Waals surface area contributed by atoms with Gasteiger partial charge < -0.3 is 14.2 Å². The van der Waals surface area contributed by atoms with Crippen molar-refractivity contribution in [2.24, 2.45) is 0 Å². The lowest BCUT2D eigenvalue weighted by atomic mass is 9.33. The van der Waals surface area contributed by atoms with E-state index in [9.17, 15) is 0 Å². The number of furan rings is 1. The first kappa shape index (κ1) is 33.4. The maximum atomic E-state index is 7.40. The summed E-state index contributed by atoms with van der Waals surface area (Å²) in [6.45, 7) is 23.8. The number of rotatable bonds is 1. The number of hydrogen-bond donors (Lipinski definition) is 0. The van der Waals surface area contributed by atoms with Crippen LogP contribution in [0.15, 0.2) is 77.2 Å². The second-order valence-electron chi connectivity index (χ2n) is 19.2. The molecule has 2 unspecified atom stereocenters. The van der Waals surface area contributed by atoms with Gasteiger partial charge in [0.1, 0.15) is 11.2 Å². The van der Waals surface area contributed by atoms with Crippen molar-refractivity contribution in [2.45, 2.75) is 117 Å². The molecule has 1 fully saturated rings. The zero-order valence-electron chi connectivity index (χ0n) is 33.0. The first-order valence-electron chi connectivity index (χ1n) is 19.7. The van der Waals surface area contributed by atoms with E-state index in [0.717, 1.165) is 28.0 Å². The van der Waals surface area contributed by atoms with Gasteiger partial charge in [-0.2, -0.15) is 0 Å². The van der Waals surface area contributed by atoms with E-state index in [1.165, 1.54) is 97.3 Å². The molecule has 3 nitrogen and oxygen atoms in total. The zero-order chi connectivity index (χ0) is 37.1. The van der Waals surface area contributed by atoms with Gasteiger partial charge >= 0.3 is 0 Å². The molecule has 6 aromatic rings. The molecule has 3 aliphatic heterocycles. The Balaban J connectivity index is 1.39. The molecule has 53 heavy (non-hydrogen) atoms. The summed E-state index contributed by atoms with van der Waals surface area (Å²) in [5, 5.41) is 3.09. The van der Waals surface area contributed by atoms with Gasteiger partial charge in [-0.05, 0) is 113 Å². The summed E-state index contributed by atoms with van der Waals surface area (Å²) in [4.78, 5) is 5.36. The average molecular weight is 717 g/mol. The lowest BCUT2D eigenvalue weighted by Crippen LogP contribution is -2.64. The van der Waals surface area contributed by atoms with Gasteiger partial charge in [0.15, 0.2) is 0 Å². The van der Waals surface area contributed by atoms with Crippen LogP contribution in [0, 0.1) is 13.8 Å². The van der Waals surface area contributed by atoms with Crippen LogP contribution in [0.4, 0.5) is 28.4 Å². The molecule has 0 N–H and O–H groups in total. The normalized spacial score (nSPS) is 21.6. The molecular weight excluding hydrogens is 667 g/mol. The molecule has 0 amide bonds. The summed E-state index contributed by atoms with van der Waals surface area (Å²) in [5.41, 5.74) is 19.1. The van der Waals surface area contributed by atoms with Crippen molar-refractivity contribution < 1.29 is 4.42 Å². The predicted molar refractivity (Wildman–Crippen MR) is 228 cm³/mol. The monoisotopic (exact) mass is 716 g/mol. The van der Waals surface area contributed by atoms with Crippen LogP contribution in [0.1, 0.15) is 109 Å². The number of nitrogens with zero attached hydrogens (tertiary/aromatic N) is 2. The van der Waals surface area contributed by atoms with Gasteiger partial charge in [0, 0.05) is 32.9 Å². The van der Waals surface area contributed by atoms with Crippen molar-refractivity contribution in [1.29, 1.82) is 0 Å². The van der Waals surface area contributed by atoms with E-state index >= 15 is 0 Å². The van der Waals surface area contributed by atoms with E-state index < -0.39 is 0 Å². The molecule has 2 atom stereocenters. The molecule has 4 aliphatic rings. The number of fused-ring (bicyclic) bond motifs is 11. The number of anilines is 5. The Labute approximate surface area is 320 Å². The quantitative estimate of drug-likeness (QED) is 0.158. The van der Waals surface area contributed by atoms with E-state index in [4.69, 9.17) is 16.0 Å². The van der Waals surface area contributed by atoms with E-state index in [0.29, 0.717) is 0 Å². The summed E-state index contributed by atoms with van der Waals surface area (Å²) in [6, 6.07) is 27.7. The minimum Gasteiger partial charge on any atom is -0.456 e. The third kappa shape index (κ3) is 4.25. The third-order valence-corrected chi connectivity index (χ3v) is 14.2. The standard InChI is InChI=1S/C48H50BClN2O/c1-27-21-29(45(3,4)5)22-28(2)42(27)51-36-25-31(50)26-37-41(36)49(34-17-18-39-40(44(34)51)32-15-11-12-16-38(32)53-39)35-24-30(46(6,7)8)23-33-43(35)52(37)48(10)20-14-13-19-47(33,48)9/h11-12,15-18,21-26H,13-14,19-20H2,1-10H3. The lowest BCUT2D eigenvalue weighted by Gasteiger charge is -2.53.